The largest absolute Gasteiger partial charge is 0.699 e. The van der Waals surface area contributed by atoms with E-state index < -0.39 is 200 Å². The second kappa shape index (κ2) is 29.7. The van der Waals surface area contributed by atoms with Gasteiger partial charge in [-0.1, -0.05) is 25.3 Å². The Kier molecular flexibility index (Phi) is 26.8. The number of carbonyl (C=O) groups excluding carboxylic acids is 1. The minimum Gasteiger partial charge on any atom is -0.394 e. The van der Waals surface area contributed by atoms with Crippen molar-refractivity contribution in [1.82, 2.24) is 5.32 Å². The van der Waals surface area contributed by atoms with Gasteiger partial charge in [-0.25, -0.2) is 9.13 Å². The summed E-state index contributed by atoms with van der Waals surface area (Å²) < 4.78 is 111. The van der Waals surface area contributed by atoms with Crippen LogP contribution in [0, 0.1) is 17.3 Å². The van der Waals surface area contributed by atoms with Crippen molar-refractivity contribution >= 4 is 29.8 Å². The first-order valence-electron chi connectivity index (χ1n) is 21.1. The average Bonchev–Trinajstić information content (AvgIpc) is 3.29. The number of aliphatic hydroxyl groups excluding tert-OH is 9. The van der Waals surface area contributed by atoms with Crippen molar-refractivity contribution in [1.29, 1.82) is 0 Å². The minimum absolute atomic E-state index is 0.200. The Labute approximate surface area is 391 Å². The molecule has 0 radical (unpaired) electrons. The summed E-state index contributed by atoms with van der Waals surface area (Å²) in [5, 5.41) is 91.5. The third-order valence-corrected chi connectivity index (χ3v) is 13.1. The van der Waals surface area contributed by atoms with Crippen molar-refractivity contribution in [2.45, 2.75) is 108 Å². The van der Waals surface area contributed by atoms with Crippen LogP contribution in [-0.4, -0.2) is 234 Å². The Morgan fingerprint density at radius 2 is 1.01 bits per heavy atom. The van der Waals surface area contributed by atoms with Crippen LogP contribution >= 0.6 is 23.9 Å². The van der Waals surface area contributed by atoms with Gasteiger partial charge in [-0.2, -0.15) is 0 Å². The number of hydrogen-bond acceptors (Lipinski definition) is 27. The summed E-state index contributed by atoms with van der Waals surface area (Å²) in [6, 6.07) is -1.28. The van der Waals surface area contributed by atoms with Gasteiger partial charge in [0.15, 0.2) is 25.7 Å². The number of hydrogen-bond donors (Lipinski definition) is 12. The van der Waals surface area contributed by atoms with Crippen molar-refractivity contribution in [2.75, 3.05) is 92.9 Å². The van der Waals surface area contributed by atoms with Gasteiger partial charge in [-0.05, 0) is 0 Å². The molecule has 10 unspecified atom stereocenters. The molecule has 0 aromatic rings. The van der Waals surface area contributed by atoms with Crippen molar-refractivity contribution in [3.05, 3.63) is 0 Å². The fourth-order valence-corrected chi connectivity index (χ4v) is 8.48. The highest BCUT2D eigenvalue weighted by atomic mass is 31.2. The molecule has 0 saturated carbocycles. The Balaban J connectivity index is 1.49. The summed E-state index contributed by atoms with van der Waals surface area (Å²) in [4.78, 5) is 32.2. The van der Waals surface area contributed by atoms with E-state index in [1.54, 1.807) is 6.92 Å². The zero-order valence-corrected chi connectivity index (χ0v) is 40.4. The molecule has 0 aromatic carbocycles. The van der Waals surface area contributed by atoms with Crippen LogP contribution < -0.4 is 5.32 Å². The van der Waals surface area contributed by atoms with Crippen LogP contribution in [0.25, 0.3) is 0 Å². The molecule has 3 saturated heterocycles. The fourth-order valence-electron chi connectivity index (χ4n) is 6.58. The van der Waals surface area contributed by atoms with Crippen LogP contribution in [0.2, 0.25) is 0 Å². The van der Waals surface area contributed by atoms with Crippen LogP contribution in [0.3, 0.4) is 0 Å². The second-order valence-corrected chi connectivity index (χ2v) is 20.0. The molecule has 0 aromatic heterocycles. The molecule has 3 rings (SSSR count). The van der Waals surface area contributed by atoms with Gasteiger partial charge in [0.05, 0.1) is 84.9 Å². The third-order valence-electron chi connectivity index (χ3n) is 10.4. The van der Waals surface area contributed by atoms with E-state index in [1.807, 2.05) is 0 Å². The molecule has 3 fully saturated rings. The van der Waals surface area contributed by atoms with Crippen LogP contribution in [0.4, 0.5) is 0 Å². The number of phosphoric acid groups is 2. The summed E-state index contributed by atoms with van der Waals surface area (Å²) in [6.45, 7) is -1.94. The number of amides is 1. The first-order valence-corrected chi connectivity index (χ1v) is 25.2. The molecule has 0 bridgehead atoms. The summed E-state index contributed by atoms with van der Waals surface area (Å²) in [6.07, 6.45) is -15.5. The van der Waals surface area contributed by atoms with Crippen LogP contribution in [0.5, 0.6) is 0 Å². The van der Waals surface area contributed by atoms with Gasteiger partial charge < -0.3 is 99.0 Å². The van der Waals surface area contributed by atoms with Gasteiger partial charge in [0.2, 0.25) is 12.7 Å². The summed E-state index contributed by atoms with van der Waals surface area (Å²) in [7, 11) is -12.5. The van der Waals surface area contributed by atoms with Gasteiger partial charge in [0.25, 0.3) is 0 Å². The van der Waals surface area contributed by atoms with Gasteiger partial charge in [-0.3, -0.25) is 22.9 Å². The van der Waals surface area contributed by atoms with Crippen LogP contribution in [0.15, 0.2) is 0 Å². The topological polar surface area (TPSA) is 432 Å². The Bertz CT molecular complexity index is 1590. The van der Waals surface area contributed by atoms with E-state index in [1.165, 1.54) is 13.8 Å². The van der Waals surface area contributed by atoms with E-state index in [2.05, 4.69) is 5.32 Å². The quantitative estimate of drug-likeness (QED) is 0.0174. The number of carbonyl (C=O) groups is 1. The number of phosphoric ester groups is 2. The van der Waals surface area contributed by atoms with E-state index in [0.29, 0.717) is 0 Å². The van der Waals surface area contributed by atoms with Gasteiger partial charge >= 0.3 is 23.9 Å². The van der Waals surface area contributed by atoms with Crippen molar-refractivity contribution in [3.63, 3.8) is 0 Å². The van der Waals surface area contributed by atoms with Crippen LogP contribution in [-0.2, 0) is 83.5 Å². The monoisotopic (exact) mass is 1060 g/mol. The van der Waals surface area contributed by atoms with Gasteiger partial charge in [-0.15, -0.1) is 4.52 Å². The average molecular weight is 1060 g/mol. The predicted molar refractivity (Wildman–Crippen MR) is 220 cm³/mol. The summed E-state index contributed by atoms with van der Waals surface area (Å²) in [5.41, 5.74) is -1.42. The summed E-state index contributed by atoms with van der Waals surface area (Å²) in [5.74, 6) is -2.04. The Morgan fingerprint density at radius 1 is 0.588 bits per heavy atom. The fraction of sp³-hybridized carbons (Fsp3) is 0.971. The molecule has 12 N–H and O–H groups in total. The molecule has 0 aliphatic carbocycles. The van der Waals surface area contributed by atoms with Crippen molar-refractivity contribution in [3.8, 4) is 0 Å². The zero-order valence-electron chi connectivity index (χ0n) is 37.7. The molecule has 3 heterocycles. The van der Waals surface area contributed by atoms with Gasteiger partial charge in [0, 0.05) is 28.7 Å². The Morgan fingerprint density at radius 3 is 1.50 bits per heavy atom. The normalized spacial score (nSPS) is 35.2. The van der Waals surface area contributed by atoms with Crippen molar-refractivity contribution < 1.29 is 139 Å². The standard InChI is InChI=1S/C35H66NO29P3/c1-19-26(41)28(43)22(11-37)63-32(19)54-5-8-57-66(47)58-17-52-14-35(4,16-61-67(48,49)59-9-6-55-33-20(2)27(42)29(44)23(12-38)64-33)15-53-18-62-68(50,51)60-10-7-56-34-25(36-21(3)40)31(46)30(45)24(13-39)65-34/h19-20,22-34,37-39,41-46H,5-18H2,1-4H3,(H2-,36,40,48,49,50,51)/p+1/t19?,20?,22?,23?,24?,25?,26-,27-,28+,29+,30+,31-,32-,33-,34-,35?/m1/s1. The third kappa shape index (κ3) is 19.8. The Hall–Kier alpha value is -0.970. The molecule has 1 amide bonds. The first kappa shape index (κ1) is 61.3. The highest BCUT2D eigenvalue weighted by molar-refractivity contribution is 7.47. The molecule has 33 heteroatoms. The van der Waals surface area contributed by atoms with E-state index in [4.69, 9.17) is 65.0 Å². The van der Waals surface area contributed by atoms with E-state index in [9.17, 15) is 74.2 Å². The summed E-state index contributed by atoms with van der Waals surface area (Å²) >= 11 is 0. The maximum Gasteiger partial charge on any atom is 0.699 e. The molecular weight excluding hydrogens is 991 g/mol. The molecule has 0 spiro atoms. The molecule has 400 valence electrons. The van der Waals surface area contributed by atoms with Gasteiger partial charge in [0.1, 0.15) is 55.4 Å². The first-order chi connectivity index (χ1) is 32.0. The minimum atomic E-state index is -4.86. The number of nitrogens with one attached hydrogen (secondary N) is 1. The molecule has 19 atom stereocenters. The van der Waals surface area contributed by atoms with E-state index >= 15 is 0 Å². The SMILES string of the molecule is CC(=O)NC1[C@H](OCCOP(=O)(O)OCOCC(C)(COCO[P+](=O)OCCO[C@@H]2OC(CO)[C@H](O)[C@H](O)C2C)COP(=O)(O)OCCO[C@@H]2OC(CO)[C@H](O)[C@H](O)C2C)OC(CO)[C@H](O)[C@@H]1O. The second-order valence-electron chi connectivity index (χ2n) is 16.1. The lowest BCUT2D eigenvalue weighted by molar-refractivity contribution is -0.283. The van der Waals surface area contributed by atoms with Crippen LogP contribution in [0.1, 0.15) is 27.7 Å². The molecule has 3 aliphatic heterocycles. The number of rotatable bonds is 32. The predicted octanol–water partition coefficient (Wildman–Crippen LogP) is -3.96. The lowest BCUT2D eigenvalue weighted by Gasteiger charge is -2.42. The molecule has 68 heavy (non-hydrogen) atoms. The number of ether oxygens (including phenoxy) is 8. The lowest BCUT2D eigenvalue weighted by Crippen LogP contribution is -2.64. The maximum absolute atomic E-state index is 12.8. The lowest BCUT2D eigenvalue weighted by atomic mass is 9.92. The van der Waals surface area contributed by atoms with E-state index in [-0.39, 0.29) is 19.8 Å². The molecular formula is C35H67NO29P3+. The van der Waals surface area contributed by atoms with E-state index in [0.717, 1.165) is 6.92 Å². The highest BCUT2D eigenvalue weighted by Crippen LogP contribution is 2.45. The zero-order chi connectivity index (χ0) is 50.8. The maximum atomic E-state index is 12.8. The molecule has 30 nitrogen and oxygen atoms in total. The highest BCUT2D eigenvalue weighted by Gasteiger charge is 2.46. The number of aliphatic hydroxyl groups is 9. The smallest absolute Gasteiger partial charge is 0.394 e. The van der Waals surface area contributed by atoms with Crippen molar-refractivity contribution in [2.24, 2.45) is 17.3 Å². The molecule has 3 aliphatic rings.